The molecule has 0 aromatic rings. The fourth-order valence-corrected chi connectivity index (χ4v) is 23.1. The van der Waals surface area contributed by atoms with Gasteiger partial charge in [0.05, 0.1) is 54.2 Å². The molecule has 0 aliphatic carbocycles. The van der Waals surface area contributed by atoms with Crippen molar-refractivity contribution in [2.75, 3.05) is 92.0 Å². The van der Waals surface area contributed by atoms with E-state index in [9.17, 15) is 169 Å². The average molecular weight is 2210 g/mol. The molecule has 138 heavy (non-hydrogen) atoms. The molecule has 50 nitrogen and oxygen atoms in total. The van der Waals surface area contributed by atoms with Crippen molar-refractivity contribution in [3.63, 3.8) is 0 Å². The van der Waals surface area contributed by atoms with Crippen LogP contribution in [0.5, 0.6) is 0 Å². The fourth-order valence-electron chi connectivity index (χ4n) is 14.9. The quantitative estimate of drug-likeness (QED) is 0.0200. The second kappa shape index (κ2) is 69.1. The molecule has 30 fully saturated rings. The maximum Gasteiger partial charge on any atom is 1.00 e. The number of aliphatic hydroxyl groups is 16. The summed E-state index contributed by atoms with van der Waals surface area (Å²) in [5, 5.41) is 288. The van der Waals surface area contributed by atoms with Gasteiger partial charge < -0.3 is 237 Å². The van der Waals surface area contributed by atoms with Crippen molar-refractivity contribution in [1.29, 1.82) is 0 Å². The maximum absolute atomic E-state index is 13.9. The summed E-state index contributed by atoms with van der Waals surface area (Å²) in [5.41, 5.74) is 0. The molecule has 0 amide bonds. The van der Waals surface area contributed by atoms with Crippen LogP contribution in [0.15, 0.2) is 0 Å². The second-order valence-corrected chi connectivity index (χ2v) is 41.4. The van der Waals surface area contributed by atoms with Crippen molar-refractivity contribution in [2.24, 2.45) is 0 Å². The van der Waals surface area contributed by atoms with Crippen molar-refractivity contribution < 1.29 is 482 Å². The van der Waals surface area contributed by atoms with Gasteiger partial charge in [0, 0.05) is 94.4 Å². The number of sulfone groups is 1. The third-order valence-corrected chi connectivity index (χ3v) is 30.7. The third-order valence-electron chi connectivity index (χ3n) is 21.6. The second-order valence-electron chi connectivity index (χ2n) is 31.1. The number of carboxylic acids is 8. The minimum atomic E-state index is -4.83. The summed E-state index contributed by atoms with van der Waals surface area (Å²) < 4.78 is 127. The van der Waals surface area contributed by atoms with Gasteiger partial charge in [0.25, 0.3) is 0 Å². The first kappa shape index (κ1) is 141. The molecule has 0 aromatic carbocycles. The molecular weight excluding hydrogens is 2110 g/mol. The molecule has 16 bridgehead atoms. The Balaban J connectivity index is 0.0000119. The molecule has 66 heteroatoms. The summed E-state index contributed by atoms with van der Waals surface area (Å²) in [6.07, 6.45) is -93.4. The summed E-state index contributed by atoms with van der Waals surface area (Å²) in [6, 6.07) is 0. The monoisotopic (exact) mass is 2210 g/mol. The first-order valence-electron chi connectivity index (χ1n) is 40.7. The van der Waals surface area contributed by atoms with Crippen molar-refractivity contribution in [3.05, 3.63) is 0 Å². The van der Waals surface area contributed by atoms with Crippen LogP contribution in [-0.4, -0.2) is 476 Å². The van der Waals surface area contributed by atoms with E-state index in [-0.39, 0.29) is 277 Å². The summed E-state index contributed by atoms with van der Waals surface area (Å²) >= 11 is 5.45. The first-order chi connectivity index (χ1) is 61.4. The standard InChI is InChI=1S/C72H112O50S8.8Na/c73-33(74)1-9-123-17-25-57-41(89)49(97)65(107-25)116-58-26(18-124-10-2-34(75)76)109-67(51(99)43(58)91)118-60-28(20-126-12-4-36(79)80)111-69(53(101)45(60)93)120-62-30(22-128-14-6-38(83)84)113-71(55(103)47(62)95)122-64-32(24-130(105,106)16-8-40(87)88)114-72(56(104)48(64)96)121-63-31(23-129-15-7-39(85)86)112-70(54(102)46(63)94)119-61-29(21-127-13-5-37(81)82)110-68(52(100)44(61)92)117-59-27(19-125-11-3-35(77)78)108-66(115-57)50(98)42(59)90;;;;;;;;/h25-32,41-72,89-104H,1-24H2,(H,73,74)(H,75,76)(H,77,78)(H,79,80)(H,81,82)(H,83,84)(H,85,86)(H,87,88);;;;;;;;/q;8*+1/p-8/t25-,26-,27-,28-,29-,30-,31-,32-,41-,42-,43-,44-,45-,46-,47-,48-,49-,50-,51-,52-,53-,54-,55-,56-,57-,58-,59-,60-,61-,62-,63-,64-,65-,66-,67-,68-,69-,70-,71-,72-;;;;;;;;/m1......../s1. The number of carboxylic acid groups (broad SMARTS) is 8. The zero-order valence-corrected chi connectivity index (χ0v) is 98.9. The van der Waals surface area contributed by atoms with Crippen molar-refractivity contribution in [1.82, 2.24) is 0 Å². The van der Waals surface area contributed by atoms with E-state index >= 15 is 0 Å². The predicted molar refractivity (Wildman–Crippen MR) is 421 cm³/mol. The van der Waals surface area contributed by atoms with Crippen LogP contribution in [0, 0.1) is 0 Å². The summed E-state index contributed by atoms with van der Waals surface area (Å²) in [4.78, 5) is 93.4. The van der Waals surface area contributed by atoms with Crippen LogP contribution in [0.25, 0.3) is 0 Å². The van der Waals surface area contributed by atoms with Gasteiger partial charge in [-0.2, -0.15) is 82.3 Å². The molecule has 30 aliphatic rings. The van der Waals surface area contributed by atoms with Gasteiger partial charge in [0.2, 0.25) is 0 Å². The Morgan fingerprint density at radius 2 is 0.319 bits per heavy atom. The molecule has 0 unspecified atom stereocenters. The van der Waals surface area contributed by atoms with E-state index in [0.29, 0.717) is 0 Å². The molecule has 16 N–H and O–H groups in total. The van der Waals surface area contributed by atoms with Crippen LogP contribution in [0.3, 0.4) is 0 Å². The number of carbonyl (C=O) groups is 8. The van der Waals surface area contributed by atoms with E-state index in [2.05, 4.69) is 0 Å². The Morgan fingerprint density at radius 3 is 0.449 bits per heavy atom. The summed E-state index contributed by atoms with van der Waals surface area (Å²) in [7, 11) is -4.83. The predicted octanol–water partition coefficient (Wildman–Crippen LogP) is -43.6. The Hall–Kier alpha value is 4.88. The molecule has 40 atom stereocenters. The van der Waals surface area contributed by atoms with Gasteiger partial charge in [-0.15, -0.1) is 0 Å². The summed E-state index contributed by atoms with van der Waals surface area (Å²) in [5.74, 6) is -20.7. The zero-order valence-electron chi connectivity index (χ0n) is 76.4. The minimum Gasteiger partial charge on any atom is -0.550 e. The van der Waals surface area contributed by atoms with Crippen molar-refractivity contribution in [2.45, 2.75) is 297 Å². The fraction of sp³-hybridized carbons (Fsp3) is 0.889. The SMILES string of the molecule is O=C([O-])CCSC[C@H]1O[C@@H]2O[C@H]3[C@H](O)[C@@H](O)[C@@H](O[C@H]4[C@H](O)[C@@H](O)[C@@H](O[C@H]5[C@H](O)[C@@H](O)[C@@H](O[C@H]6[C@H](O)[C@@H](O)[C@@H](O[C@H]7[C@H](O)[C@@H](O)[C@@H](O[C@H]8[C@H](O)[C@@H](O)[C@@H](O[C@H]9[C@H](O)[C@@H](O)[C@@H](O[C@H]1[C@H](O)[C@H]2O)O[C@@H]9CSCCC(=O)[O-])O[C@@H]8CSCCC(=O)[O-])O[C@@H]7CSCCC(=O)[O-])O[C@@H]6CS(=O)(=O)CCC(=O)[O-])O[C@@H]5CSCCC(=O)[O-])O[C@@H]4CSCCC(=O)[O-])O[C@@H]3CSCCC(=O)[O-].[Na+].[Na+].[Na+].[Na+].[Na+].[Na+].[Na+].[Na+]. The van der Waals surface area contributed by atoms with E-state index in [0.717, 1.165) is 82.3 Å². The van der Waals surface area contributed by atoms with Crippen LogP contribution in [0.1, 0.15) is 51.4 Å². The van der Waals surface area contributed by atoms with Crippen LogP contribution in [0.4, 0.5) is 0 Å². The number of carbonyl (C=O) groups excluding carboxylic acids is 8. The molecule has 0 saturated carbocycles. The van der Waals surface area contributed by atoms with Crippen molar-refractivity contribution >= 4 is 140 Å². The Morgan fingerprint density at radius 1 is 0.196 bits per heavy atom. The first-order valence-corrected chi connectivity index (χ1v) is 50.6. The third kappa shape index (κ3) is 41.8. The van der Waals surface area contributed by atoms with E-state index in [1.165, 1.54) is 0 Å². The zero-order chi connectivity index (χ0) is 95.4. The van der Waals surface area contributed by atoms with Gasteiger partial charge in [0.15, 0.2) is 60.2 Å². The number of hydrogen-bond donors (Lipinski definition) is 16. The van der Waals surface area contributed by atoms with Gasteiger partial charge in [0.1, 0.15) is 153 Å². The Kier molecular flexibility index (Phi) is 70.5. The van der Waals surface area contributed by atoms with Gasteiger partial charge in [-0.3, -0.25) is 0 Å². The van der Waals surface area contributed by atoms with Crippen LogP contribution in [-0.2, 0) is 124 Å². The molecule has 748 valence electrons. The van der Waals surface area contributed by atoms with E-state index in [1.807, 2.05) is 0 Å². The number of rotatable bonds is 40. The smallest absolute Gasteiger partial charge is 0.550 e. The van der Waals surface area contributed by atoms with Gasteiger partial charge in [-0.25, -0.2) is 8.42 Å². The number of aliphatic carboxylic acids is 8. The minimum absolute atomic E-state index is 0. The topological polar surface area (TPSA) is 827 Å². The average Bonchev–Trinajstić information content (AvgIpc) is 0.766. The molecule has 30 saturated heterocycles. The number of aliphatic hydroxyl groups excluding tert-OH is 16. The van der Waals surface area contributed by atoms with Crippen LogP contribution >= 0.6 is 82.3 Å². The van der Waals surface area contributed by atoms with Gasteiger partial charge in [-0.1, -0.05) is 0 Å². The largest absolute Gasteiger partial charge is 1.00 e. The molecule has 30 rings (SSSR count). The number of hydrogen-bond acceptors (Lipinski definition) is 57. The van der Waals surface area contributed by atoms with Crippen LogP contribution in [0.2, 0.25) is 0 Å². The molecule has 0 radical (unpaired) electrons. The van der Waals surface area contributed by atoms with E-state index < -0.39 is 406 Å². The molecule has 30 heterocycles. The molecule has 0 spiro atoms. The number of ether oxygens (including phenoxy) is 16. The Bertz CT molecular complexity index is 3640. The molecule has 0 aromatic heterocycles. The van der Waals surface area contributed by atoms with Crippen molar-refractivity contribution in [3.8, 4) is 0 Å². The van der Waals surface area contributed by atoms with Gasteiger partial charge in [-0.05, 0) is 85.2 Å². The molecular formula is C72H104Na8O50S8. The maximum atomic E-state index is 13.9. The number of thioether (sulfide) groups is 7. The van der Waals surface area contributed by atoms with Crippen LogP contribution < -0.4 is 277 Å². The summed E-state index contributed by atoms with van der Waals surface area (Å²) in [6.45, 7) is 0. The normalized spacial score (nSPS) is 38.8. The van der Waals surface area contributed by atoms with Gasteiger partial charge >= 0.3 is 236 Å². The van der Waals surface area contributed by atoms with E-state index in [4.69, 9.17) is 75.8 Å². The Labute approximate surface area is 997 Å². The van der Waals surface area contributed by atoms with E-state index in [1.54, 1.807) is 0 Å². The molecule has 30 aliphatic heterocycles.